The van der Waals surface area contributed by atoms with Gasteiger partial charge in [0.15, 0.2) is 0 Å². The summed E-state index contributed by atoms with van der Waals surface area (Å²) in [4.78, 5) is 20.3. The Hall–Kier alpha value is -9.30. The van der Waals surface area contributed by atoms with Crippen LogP contribution in [-0.2, 0) is 28.2 Å². The second kappa shape index (κ2) is 26.2. The Morgan fingerprint density at radius 3 is 1.08 bits per heavy atom. The lowest BCUT2D eigenvalue weighted by Crippen LogP contribution is -2.32. The third kappa shape index (κ3) is 12.5. The van der Waals surface area contributed by atoms with E-state index in [4.69, 9.17) is 15.0 Å². The molecule has 15 rings (SSSR count). The van der Waals surface area contributed by atoms with Gasteiger partial charge in [-0.1, -0.05) is 190 Å². The lowest BCUT2D eigenvalue weighted by Gasteiger charge is -2.06. The molecule has 0 spiro atoms. The molecule has 0 bridgehead atoms. The number of nitrogens with zero attached hydrogens (tertiary/aromatic N) is 8. The Balaban J connectivity index is 0.000000116. The highest BCUT2D eigenvalue weighted by Crippen LogP contribution is 2.36. The molecule has 0 radical (unpaired) electrons. The fraction of sp³-hybridized carbons (Fsp3) is 0.143. The van der Waals surface area contributed by atoms with Crippen molar-refractivity contribution in [2.75, 3.05) is 0 Å². The molecule has 0 fully saturated rings. The summed E-state index contributed by atoms with van der Waals surface area (Å²) in [6, 6.07) is 76.7. The zero-order valence-electron chi connectivity index (χ0n) is 52.1. The van der Waals surface area contributed by atoms with Gasteiger partial charge in [-0.3, -0.25) is 0 Å². The average Bonchev–Trinajstić information content (AvgIpc) is 3.07. The molecule has 438 valence electrons. The van der Waals surface area contributed by atoms with E-state index in [1.54, 1.807) is 45.3 Å². The highest BCUT2D eigenvalue weighted by molar-refractivity contribution is 7.22. The molecule has 89 heavy (non-hydrogen) atoms. The molecule has 0 saturated heterocycles. The van der Waals surface area contributed by atoms with Gasteiger partial charge in [-0.15, -0.1) is 0 Å². The van der Waals surface area contributed by atoms with Gasteiger partial charge in [-0.25, -0.2) is 18.7 Å². The first-order valence-corrected chi connectivity index (χ1v) is 33.1. The van der Waals surface area contributed by atoms with Crippen LogP contribution in [0.25, 0.3) is 118 Å². The Kier molecular flexibility index (Phi) is 17.7. The molecular weight excluding hydrogens is 1170 g/mol. The number of aryl methyl sites for hydroxylation is 11. The van der Waals surface area contributed by atoms with Crippen molar-refractivity contribution >= 4 is 86.7 Å². The third-order valence-electron chi connectivity index (χ3n) is 16.5. The van der Waals surface area contributed by atoms with Gasteiger partial charge in [-0.05, 0) is 170 Å². The van der Waals surface area contributed by atoms with E-state index >= 15 is 0 Å². The van der Waals surface area contributed by atoms with Gasteiger partial charge in [0.05, 0.1) is 26.7 Å². The van der Waals surface area contributed by atoms with Crippen molar-refractivity contribution in [3.63, 3.8) is 0 Å². The van der Waals surface area contributed by atoms with E-state index in [0.717, 1.165) is 37.5 Å². The molecule has 7 aromatic carbocycles. The molecule has 0 saturated carbocycles. The fourth-order valence-corrected chi connectivity index (χ4v) is 15.4. The Bertz CT molecular complexity index is 5030. The van der Waals surface area contributed by atoms with Gasteiger partial charge in [0.1, 0.15) is 43.7 Å². The van der Waals surface area contributed by atoms with Crippen molar-refractivity contribution in [2.24, 2.45) is 28.2 Å². The monoisotopic (exact) mass is 1230 g/mol. The largest absolute Gasteiger partial charge is 0.342 e. The topological polar surface area (TPSA) is 67.1 Å². The van der Waals surface area contributed by atoms with Crippen molar-refractivity contribution in [2.45, 2.75) is 48.5 Å². The maximum absolute atomic E-state index is 5.00. The summed E-state index contributed by atoms with van der Waals surface area (Å²) in [6.45, 7) is 15.0. The molecule has 8 aromatic heterocycles. The van der Waals surface area contributed by atoms with Crippen molar-refractivity contribution in [1.82, 2.24) is 19.9 Å². The summed E-state index contributed by atoms with van der Waals surface area (Å²) in [5, 5.41) is 3.24. The van der Waals surface area contributed by atoms with Crippen LogP contribution in [0.1, 0.15) is 38.9 Å². The molecular formula is C77H70N8S4+4. The Morgan fingerprint density at radius 2 is 0.652 bits per heavy atom. The predicted molar refractivity (Wildman–Crippen MR) is 374 cm³/mol. The summed E-state index contributed by atoms with van der Waals surface area (Å²) in [6.07, 6.45) is 0. The molecule has 12 heteroatoms. The molecule has 8 nitrogen and oxygen atoms in total. The second-order valence-electron chi connectivity index (χ2n) is 22.5. The van der Waals surface area contributed by atoms with Crippen LogP contribution in [0.15, 0.2) is 224 Å². The summed E-state index contributed by atoms with van der Waals surface area (Å²) >= 11 is 6.94. The minimum Gasteiger partial charge on any atom is -0.238 e. The van der Waals surface area contributed by atoms with Gasteiger partial charge < -0.3 is 0 Å². The van der Waals surface area contributed by atoms with E-state index in [2.05, 4.69) is 312 Å². The quantitative estimate of drug-likeness (QED) is 0.149. The highest BCUT2D eigenvalue weighted by atomic mass is 32.1. The first-order valence-electron chi connectivity index (χ1n) is 29.7. The molecule has 0 amide bonds. The number of pyridine rings is 4. The minimum atomic E-state index is 1.04. The number of hydrogen-bond donors (Lipinski definition) is 0. The van der Waals surface area contributed by atoms with Crippen LogP contribution in [0, 0.1) is 48.5 Å². The highest BCUT2D eigenvalue weighted by Gasteiger charge is 2.25. The first kappa shape index (κ1) is 60.0. The number of aromatic nitrogens is 8. The normalized spacial score (nSPS) is 11.1. The van der Waals surface area contributed by atoms with Crippen LogP contribution in [0.5, 0.6) is 0 Å². The van der Waals surface area contributed by atoms with Crippen molar-refractivity contribution < 1.29 is 18.3 Å². The van der Waals surface area contributed by atoms with Gasteiger partial charge >= 0.3 is 16.9 Å². The smallest absolute Gasteiger partial charge is 0.238 e. The molecule has 8 heterocycles. The standard InChI is InChI=1S/C22H21N2S.C21H19N2S.C20H17N2S.C14H13N2S/c1-14-8-5-6-11-17(14)18-12-13-19-21(24(18)4)23-22(25-19)20-15(2)9-7-10-16(20)3;1-14-8-10-16(11-9-14)21-22-20-19(24-21)13-12-18(23(20)3)17-7-5-4-6-15(17)2;1-14-8-6-7-11-16(14)17-12-13-18-19(22(17)2)21-20(23-18)15-9-4-3-5-10-15;1-10-5-3-4-6-11(10)13-8-7-12-14(16(13)2)17-9-15-12/h5-13H,1-4H3;4-13H,1-3H3;3-13H,1-2H3;3-9H,1-2H3/q4*+1. The van der Waals surface area contributed by atoms with Gasteiger partial charge in [-0.2, -0.15) is 4.57 Å². The van der Waals surface area contributed by atoms with E-state index < -0.39 is 0 Å². The first-order chi connectivity index (χ1) is 43.2. The lowest BCUT2D eigenvalue weighted by atomic mass is 10.0. The molecule has 0 aliphatic rings. The molecule has 15 aromatic rings. The zero-order valence-corrected chi connectivity index (χ0v) is 55.3. The Labute approximate surface area is 537 Å². The van der Waals surface area contributed by atoms with Gasteiger partial charge in [0, 0.05) is 45.0 Å². The zero-order chi connectivity index (χ0) is 61.9. The van der Waals surface area contributed by atoms with Crippen LogP contribution in [0.4, 0.5) is 0 Å². The van der Waals surface area contributed by atoms with Crippen LogP contribution in [0.2, 0.25) is 0 Å². The van der Waals surface area contributed by atoms with Crippen LogP contribution in [-0.4, -0.2) is 19.9 Å². The maximum atomic E-state index is 5.00. The van der Waals surface area contributed by atoms with Crippen LogP contribution in [0.3, 0.4) is 0 Å². The number of rotatable bonds is 7. The van der Waals surface area contributed by atoms with Gasteiger partial charge in [0.25, 0.3) is 4.83 Å². The summed E-state index contributed by atoms with van der Waals surface area (Å²) in [7, 11) is 8.40. The maximum Gasteiger partial charge on any atom is 0.342 e. The summed E-state index contributed by atoms with van der Waals surface area (Å²) < 4.78 is 12.5. The predicted octanol–water partition coefficient (Wildman–Crippen LogP) is 18.3. The Morgan fingerprint density at radius 1 is 0.303 bits per heavy atom. The second-order valence-corrected chi connectivity index (χ2v) is 26.5. The van der Waals surface area contributed by atoms with E-state index in [1.807, 2.05) is 11.6 Å². The fourth-order valence-electron chi connectivity index (χ4n) is 11.5. The SMILES string of the molecule is Cc1ccc(-c2nc3c(ccc(-c4ccccc4C)[n+]3C)s2)cc1.Cc1ccccc1-c1ccc2ncsc2[n+]1C.Cc1ccccc1-c1ccc2sc(-c3c(C)cccc3C)nc2[n+]1C.Cc1ccccc1-c1ccc2sc(-c3ccccc3)nc2[n+]1C. The number of thiazole rings is 4. The van der Waals surface area contributed by atoms with Crippen molar-refractivity contribution in [3.8, 4) is 76.7 Å². The molecule has 0 atom stereocenters. The van der Waals surface area contributed by atoms with Crippen molar-refractivity contribution in [3.05, 3.63) is 263 Å². The molecule has 0 aliphatic carbocycles. The van der Waals surface area contributed by atoms with Crippen molar-refractivity contribution in [1.29, 1.82) is 0 Å². The van der Waals surface area contributed by atoms with E-state index in [9.17, 15) is 0 Å². The summed E-state index contributed by atoms with van der Waals surface area (Å²) in [5.41, 5.74) is 28.5. The van der Waals surface area contributed by atoms with Crippen LogP contribution >= 0.6 is 45.3 Å². The minimum absolute atomic E-state index is 1.04. The number of hydrogen-bond acceptors (Lipinski definition) is 8. The van der Waals surface area contributed by atoms with Crippen LogP contribution < -0.4 is 18.3 Å². The lowest BCUT2D eigenvalue weighted by molar-refractivity contribution is -0.635. The van der Waals surface area contributed by atoms with E-state index in [-0.39, 0.29) is 0 Å². The van der Waals surface area contributed by atoms with E-state index in [1.165, 1.54) is 120 Å². The third-order valence-corrected chi connectivity index (χ3v) is 20.5. The molecule has 0 N–H and O–H groups in total. The number of fused-ring (bicyclic) bond motifs is 4. The van der Waals surface area contributed by atoms with Gasteiger partial charge in [0.2, 0.25) is 20.7 Å². The molecule has 0 aliphatic heterocycles. The summed E-state index contributed by atoms with van der Waals surface area (Å²) in [5.74, 6) is 0. The molecule has 0 unspecified atom stereocenters. The number of benzene rings is 7. The average molecular weight is 1240 g/mol. The van der Waals surface area contributed by atoms with E-state index in [0.29, 0.717) is 0 Å².